The van der Waals surface area contributed by atoms with Crippen molar-refractivity contribution >= 4 is 22.4 Å². The molecule has 0 radical (unpaired) electrons. The number of hydrogen-bond donors (Lipinski definition) is 2. The van der Waals surface area contributed by atoms with Gasteiger partial charge in [0.05, 0.1) is 5.56 Å². The highest BCUT2D eigenvalue weighted by atomic mass is 16.3. The Morgan fingerprint density at radius 1 is 1.18 bits per heavy atom. The van der Waals surface area contributed by atoms with Gasteiger partial charge in [0.2, 0.25) is 0 Å². The first kappa shape index (κ1) is 13.3. The first-order chi connectivity index (χ1) is 10.7. The average molecular weight is 294 g/mol. The van der Waals surface area contributed by atoms with Crippen LogP contribution in [0.4, 0.5) is 0 Å². The van der Waals surface area contributed by atoms with E-state index in [1.807, 2.05) is 24.3 Å². The van der Waals surface area contributed by atoms with Crippen molar-refractivity contribution < 1.29 is 9.90 Å². The van der Waals surface area contributed by atoms with E-state index in [9.17, 15) is 9.90 Å². The molecule has 112 valence electrons. The number of hydrazone groups is 1. The van der Waals surface area contributed by atoms with E-state index in [1.165, 1.54) is 19.3 Å². The number of amides is 1. The summed E-state index contributed by atoms with van der Waals surface area (Å²) in [6, 6.07) is 11.0. The van der Waals surface area contributed by atoms with Crippen molar-refractivity contribution in [2.75, 3.05) is 0 Å². The zero-order chi connectivity index (χ0) is 15.1. The molecule has 1 amide bonds. The van der Waals surface area contributed by atoms with Gasteiger partial charge in [0.15, 0.2) is 0 Å². The summed E-state index contributed by atoms with van der Waals surface area (Å²) in [4.78, 5) is 12.3. The molecule has 0 aromatic heterocycles. The molecule has 0 saturated heterocycles. The Morgan fingerprint density at radius 2 is 1.95 bits per heavy atom. The summed E-state index contributed by atoms with van der Waals surface area (Å²) in [5.74, 6) is 0.952. The maximum Gasteiger partial charge on any atom is 0.275 e. The van der Waals surface area contributed by atoms with E-state index in [-0.39, 0.29) is 17.2 Å². The maximum atomic E-state index is 12.3. The lowest BCUT2D eigenvalue weighted by atomic mass is 9.99. The molecule has 2 aliphatic rings. The maximum absolute atomic E-state index is 12.3. The highest BCUT2D eigenvalue weighted by molar-refractivity contribution is 6.02. The number of hydrogen-bond acceptors (Lipinski definition) is 3. The van der Waals surface area contributed by atoms with E-state index in [0.29, 0.717) is 5.92 Å². The topological polar surface area (TPSA) is 61.7 Å². The lowest BCUT2D eigenvalue weighted by Gasteiger charge is -2.12. The summed E-state index contributed by atoms with van der Waals surface area (Å²) in [5.41, 5.74) is 4.01. The van der Waals surface area contributed by atoms with Gasteiger partial charge in [-0.2, -0.15) is 5.10 Å². The van der Waals surface area contributed by atoms with Crippen LogP contribution in [-0.2, 0) is 0 Å². The predicted molar refractivity (Wildman–Crippen MR) is 86.0 cm³/mol. The largest absolute Gasteiger partial charge is 0.507 e. The molecule has 22 heavy (non-hydrogen) atoms. The second-order valence-corrected chi connectivity index (χ2v) is 6.34. The first-order valence-electron chi connectivity index (χ1n) is 7.79. The molecule has 0 spiro atoms. The fourth-order valence-corrected chi connectivity index (χ4v) is 3.76. The molecule has 2 aromatic carbocycles. The number of benzene rings is 2. The van der Waals surface area contributed by atoms with Crippen LogP contribution in [0.2, 0.25) is 0 Å². The van der Waals surface area contributed by atoms with Crippen LogP contribution in [0.1, 0.15) is 36.0 Å². The summed E-state index contributed by atoms with van der Waals surface area (Å²) in [5, 5.41) is 16.2. The summed E-state index contributed by atoms with van der Waals surface area (Å²) in [6.07, 6.45) is 4.72. The molecule has 2 bridgehead atoms. The summed E-state index contributed by atoms with van der Waals surface area (Å²) < 4.78 is 0. The Morgan fingerprint density at radius 3 is 2.64 bits per heavy atom. The van der Waals surface area contributed by atoms with Crippen LogP contribution in [0, 0.1) is 11.8 Å². The zero-order valence-electron chi connectivity index (χ0n) is 12.2. The van der Waals surface area contributed by atoms with Crippen molar-refractivity contribution in [1.29, 1.82) is 0 Å². The van der Waals surface area contributed by atoms with Crippen LogP contribution < -0.4 is 5.43 Å². The van der Waals surface area contributed by atoms with Gasteiger partial charge in [0, 0.05) is 5.71 Å². The Labute approximate surface area is 128 Å². The fourth-order valence-electron chi connectivity index (χ4n) is 3.76. The van der Waals surface area contributed by atoms with E-state index in [1.54, 1.807) is 12.1 Å². The van der Waals surface area contributed by atoms with Crippen molar-refractivity contribution in [1.82, 2.24) is 5.43 Å². The second-order valence-electron chi connectivity index (χ2n) is 6.34. The SMILES string of the molecule is O=C(NN=C1C[C@H]2CC[C@H]1C2)c1cc2ccccc2cc1O. The molecule has 2 atom stereocenters. The van der Waals surface area contributed by atoms with Gasteiger partial charge < -0.3 is 5.11 Å². The molecule has 2 N–H and O–H groups in total. The van der Waals surface area contributed by atoms with Crippen molar-refractivity contribution in [3.8, 4) is 5.75 Å². The smallest absolute Gasteiger partial charge is 0.275 e. The van der Waals surface area contributed by atoms with Gasteiger partial charge in [-0.25, -0.2) is 5.43 Å². The van der Waals surface area contributed by atoms with Crippen LogP contribution in [0.3, 0.4) is 0 Å². The minimum absolute atomic E-state index is 0.00987. The number of rotatable bonds is 2. The molecule has 2 aliphatic carbocycles. The Bertz CT molecular complexity index is 782. The van der Waals surface area contributed by atoms with E-state index in [4.69, 9.17) is 0 Å². The molecular weight excluding hydrogens is 276 g/mol. The average Bonchev–Trinajstić information content (AvgIpc) is 3.14. The first-order valence-corrected chi connectivity index (χ1v) is 7.79. The number of carbonyl (C=O) groups excluding carboxylic acids is 1. The van der Waals surface area contributed by atoms with E-state index in [0.717, 1.165) is 28.8 Å². The highest BCUT2D eigenvalue weighted by Gasteiger charge is 2.36. The minimum Gasteiger partial charge on any atom is -0.507 e. The summed E-state index contributed by atoms with van der Waals surface area (Å²) in [7, 11) is 0. The monoisotopic (exact) mass is 294 g/mol. The van der Waals surface area contributed by atoms with Crippen LogP contribution >= 0.6 is 0 Å². The molecule has 0 unspecified atom stereocenters. The highest BCUT2D eigenvalue weighted by Crippen LogP contribution is 2.42. The quantitative estimate of drug-likeness (QED) is 0.833. The second kappa shape index (κ2) is 5.13. The third-order valence-corrected chi connectivity index (χ3v) is 4.92. The number of nitrogens with zero attached hydrogens (tertiary/aromatic N) is 1. The van der Waals surface area contributed by atoms with Crippen molar-refractivity contribution in [3.63, 3.8) is 0 Å². The van der Waals surface area contributed by atoms with Gasteiger partial charge in [-0.1, -0.05) is 24.3 Å². The van der Waals surface area contributed by atoms with Gasteiger partial charge in [0.1, 0.15) is 5.75 Å². The molecule has 0 heterocycles. The molecule has 0 aliphatic heterocycles. The van der Waals surface area contributed by atoms with E-state index in [2.05, 4.69) is 10.5 Å². The third-order valence-electron chi connectivity index (χ3n) is 4.92. The summed E-state index contributed by atoms with van der Waals surface area (Å²) >= 11 is 0. The zero-order valence-corrected chi connectivity index (χ0v) is 12.2. The Balaban J connectivity index is 1.57. The molecule has 4 heteroatoms. The predicted octanol–water partition coefficient (Wildman–Crippen LogP) is 3.45. The van der Waals surface area contributed by atoms with Crippen molar-refractivity contribution in [2.24, 2.45) is 16.9 Å². The number of carbonyl (C=O) groups is 1. The molecular formula is C18H18N2O2. The fraction of sp³-hybridized carbons (Fsp3) is 0.333. The minimum atomic E-state index is -0.349. The van der Waals surface area contributed by atoms with Crippen LogP contribution in [0.15, 0.2) is 41.5 Å². The van der Waals surface area contributed by atoms with E-state index < -0.39 is 0 Å². The third kappa shape index (κ3) is 2.25. The van der Waals surface area contributed by atoms with Gasteiger partial charge in [0.25, 0.3) is 5.91 Å². The molecule has 2 aromatic rings. The van der Waals surface area contributed by atoms with Gasteiger partial charge >= 0.3 is 0 Å². The lowest BCUT2D eigenvalue weighted by Crippen LogP contribution is -2.22. The standard InChI is InChI=1S/C18H18N2O2/c21-17-10-13-4-2-1-3-12(13)9-15(17)18(22)20-19-16-8-11-5-6-14(16)7-11/h1-4,9-11,14,21H,5-8H2,(H,20,22)/t11-,14-/m0/s1. The molecule has 2 fully saturated rings. The normalized spacial score (nSPS) is 25.0. The van der Waals surface area contributed by atoms with Gasteiger partial charge in [-0.15, -0.1) is 0 Å². The number of aromatic hydroxyl groups is 1. The number of phenols is 1. The van der Waals surface area contributed by atoms with Crippen molar-refractivity contribution in [3.05, 3.63) is 42.0 Å². The number of fused-ring (bicyclic) bond motifs is 3. The Kier molecular flexibility index (Phi) is 3.10. The van der Waals surface area contributed by atoms with Crippen molar-refractivity contribution in [2.45, 2.75) is 25.7 Å². The molecule has 2 saturated carbocycles. The van der Waals surface area contributed by atoms with Crippen LogP contribution in [0.5, 0.6) is 5.75 Å². The summed E-state index contributed by atoms with van der Waals surface area (Å²) in [6.45, 7) is 0. The molecule has 4 rings (SSSR count). The Hall–Kier alpha value is -2.36. The van der Waals surface area contributed by atoms with Crippen LogP contribution in [0.25, 0.3) is 10.8 Å². The van der Waals surface area contributed by atoms with E-state index >= 15 is 0 Å². The number of phenolic OH excluding ortho intramolecular Hbond substituents is 1. The lowest BCUT2D eigenvalue weighted by molar-refractivity contribution is 0.0952. The van der Waals surface area contributed by atoms with Gasteiger partial charge in [-0.05, 0) is 60.4 Å². The van der Waals surface area contributed by atoms with Crippen LogP contribution in [-0.4, -0.2) is 16.7 Å². The van der Waals surface area contributed by atoms with Gasteiger partial charge in [-0.3, -0.25) is 4.79 Å². The molecule has 4 nitrogen and oxygen atoms in total. The number of nitrogens with one attached hydrogen (secondary N) is 1.